The van der Waals surface area contributed by atoms with E-state index in [1.54, 1.807) is 0 Å². The second-order valence-electron chi connectivity index (χ2n) is 9.64. The molecule has 0 aliphatic carbocycles. The fraction of sp³-hybridized carbons (Fsp3) is 0.346. The van der Waals surface area contributed by atoms with Crippen LogP contribution >= 0.6 is 0 Å². The van der Waals surface area contributed by atoms with Crippen molar-refractivity contribution in [2.45, 2.75) is 55.6 Å². The lowest BCUT2D eigenvalue weighted by Gasteiger charge is -2.23. The van der Waals surface area contributed by atoms with Crippen molar-refractivity contribution in [1.29, 1.82) is 0 Å². The number of carbonyl (C=O) groups excluding carboxylic acids is 1. The van der Waals surface area contributed by atoms with Crippen LogP contribution in [0, 0.1) is 11.6 Å². The number of hydrogen-bond acceptors (Lipinski definition) is 5. The van der Waals surface area contributed by atoms with Crippen LogP contribution < -0.4 is 0 Å². The van der Waals surface area contributed by atoms with E-state index in [2.05, 4.69) is 10.2 Å². The average molecular weight is 554 g/mol. The standard InChI is InChI=1S/C26H24F5N3O3S/c1-25(29)14-22(34(15-25)38(36,37)20-6-4-18(27)5-7-20)23(35)9-3-16-11-17(13-19(28)12-16)21-8-10-24(33-32-21)26(2,30)31/h4-8,10-13,22H,3,9,14-15H2,1-2H3/t22-,25+/m0/s1. The molecule has 0 amide bonds. The quantitative estimate of drug-likeness (QED) is 0.357. The van der Waals surface area contributed by atoms with Crippen LogP contribution in [-0.2, 0) is 27.2 Å². The summed E-state index contributed by atoms with van der Waals surface area (Å²) in [4.78, 5) is 12.8. The number of Topliss-reactive ketones (excluding diaryl/α,β-unsaturated/α-hetero) is 1. The summed E-state index contributed by atoms with van der Waals surface area (Å²) in [6.45, 7) is 1.33. The molecule has 2 aromatic carbocycles. The van der Waals surface area contributed by atoms with Gasteiger partial charge in [0.15, 0.2) is 5.78 Å². The van der Waals surface area contributed by atoms with Gasteiger partial charge in [-0.25, -0.2) is 21.6 Å². The molecule has 1 aliphatic heterocycles. The summed E-state index contributed by atoms with van der Waals surface area (Å²) in [6.07, 6.45) is -0.567. The van der Waals surface area contributed by atoms with Crippen molar-refractivity contribution in [2.24, 2.45) is 0 Å². The average Bonchev–Trinajstić information content (AvgIpc) is 3.18. The maximum Gasteiger partial charge on any atom is 0.288 e. The van der Waals surface area contributed by atoms with E-state index in [1.165, 1.54) is 25.1 Å². The van der Waals surface area contributed by atoms with E-state index in [1.807, 2.05) is 0 Å². The zero-order valence-corrected chi connectivity index (χ0v) is 21.3. The lowest BCUT2D eigenvalue weighted by atomic mass is 9.97. The van der Waals surface area contributed by atoms with Gasteiger partial charge in [-0.15, -0.1) is 5.10 Å². The summed E-state index contributed by atoms with van der Waals surface area (Å²) in [5, 5.41) is 7.23. The SMILES string of the molecule is CC(F)(F)c1ccc(-c2cc(F)cc(CCC(=O)[C@@H]3C[C@@](C)(F)CN3S(=O)(=O)c3ccc(F)cc3)c2)nn1. The molecule has 12 heteroatoms. The minimum atomic E-state index is -4.29. The van der Waals surface area contributed by atoms with Crippen molar-refractivity contribution >= 4 is 15.8 Å². The number of carbonyl (C=O) groups is 1. The van der Waals surface area contributed by atoms with Gasteiger partial charge in [-0.05, 0) is 73.5 Å². The zero-order chi connectivity index (χ0) is 27.9. The van der Waals surface area contributed by atoms with Gasteiger partial charge in [0, 0.05) is 31.9 Å². The van der Waals surface area contributed by atoms with Crippen molar-refractivity contribution in [3.05, 3.63) is 77.5 Å². The molecule has 4 rings (SSSR count). The van der Waals surface area contributed by atoms with Gasteiger partial charge in [-0.3, -0.25) is 4.79 Å². The van der Waals surface area contributed by atoms with Gasteiger partial charge in [-0.1, -0.05) is 0 Å². The Balaban J connectivity index is 1.52. The molecule has 0 unspecified atom stereocenters. The summed E-state index contributed by atoms with van der Waals surface area (Å²) >= 11 is 0. The predicted molar refractivity (Wildman–Crippen MR) is 129 cm³/mol. The van der Waals surface area contributed by atoms with Crippen LogP contribution in [0.25, 0.3) is 11.3 Å². The molecule has 0 saturated carbocycles. The zero-order valence-electron chi connectivity index (χ0n) is 20.5. The van der Waals surface area contributed by atoms with Crippen molar-refractivity contribution < 1.29 is 35.2 Å². The highest BCUT2D eigenvalue weighted by molar-refractivity contribution is 7.89. The number of aromatic nitrogens is 2. The van der Waals surface area contributed by atoms with Crippen LogP contribution in [-0.4, -0.2) is 47.0 Å². The van der Waals surface area contributed by atoms with Crippen molar-refractivity contribution in [1.82, 2.24) is 14.5 Å². The summed E-state index contributed by atoms with van der Waals surface area (Å²) < 4.78 is 96.4. The van der Waals surface area contributed by atoms with Crippen molar-refractivity contribution in [2.75, 3.05) is 6.54 Å². The minimum Gasteiger partial charge on any atom is -0.298 e. The summed E-state index contributed by atoms with van der Waals surface area (Å²) in [7, 11) is -4.29. The van der Waals surface area contributed by atoms with Crippen LogP contribution in [0.2, 0.25) is 0 Å². The Morgan fingerprint density at radius 1 is 1.05 bits per heavy atom. The Kier molecular flexibility index (Phi) is 7.41. The number of halogens is 5. The first-order valence-electron chi connectivity index (χ1n) is 11.7. The molecule has 2 atom stereocenters. The molecule has 3 aromatic rings. The maximum atomic E-state index is 14.9. The van der Waals surface area contributed by atoms with Gasteiger partial charge in [0.25, 0.3) is 5.92 Å². The third-order valence-corrected chi connectivity index (χ3v) is 8.14. The lowest BCUT2D eigenvalue weighted by molar-refractivity contribution is -0.122. The third kappa shape index (κ3) is 6.07. The van der Waals surface area contributed by atoms with Crippen molar-refractivity contribution in [3.63, 3.8) is 0 Å². The van der Waals surface area contributed by atoms with E-state index < -0.39 is 57.3 Å². The van der Waals surface area contributed by atoms with Crippen LogP contribution in [0.1, 0.15) is 37.9 Å². The van der Waals surface area contributed by atoms with E-state index in [0.29, 0.717) is 12.5 Å². The van der Waals surface area contributed by atoms with Gasteiger partial charge in [-0.2, -0.15) is 18.2 Å². The number of nitrogens with zero attached hydrogens (tertiary/aromatic N) is 3. The number of benzene rings is 2. The van der Waals surface area contributed by atoms with Gasteiger partial charge < -0.3 is 0 Å². The number of aryl methyl sites for hydroxylation is 1. The van der Waals surface area contributed by atoms with E-state index >= 15 is 0 Å². The van der Waals surface area contributed by atoms with Crippen molar-refractivity contribution in [3.8, 4) is 11.3 Å². The van der Waals surface area contributed by atoms with E-state index in [0.717, 1.165) is 40.7 Å². The fourth-order valence-corrected chi connectivity index (χ4v) is 6.09. The molecule has 2 heterocycles. The molecule has 202 valence electrons. The van der Waals surface area contributed by atoms with E-state index in [-0.39, 0.29) is 35.4 Å². The van der Waals surface area contributed by atoms with Gasteiger partial charge in [0.2, 0.25) is 10.0 Å². The second-order valence-corrected chi connectivity index (χ2v) is 11.5. The molecule has 0 radical (unpaired) electrons. The summed E-state index contributed by atoms with van der Waals surface area (Å²) in [5.41, 5.74) is -1.73. The molecule has 6 nitrogen and oxygen atoms in total. The predicted octanol–water partition coefficient (Wildman–Crippen LogP) is 5.23. The third-order valence-electron chi connectivity index (χ3n) is 6.27. The number of sulfonamides is 1. The number of ketones is 1. The number of hydrogen-bond donors (Lipinski definition) is 0. The second kappa shape index (κ2) is 10.1. The highest BCUT2D eigenvalue weighted by atomic mass is 32.2. The highest BCUT2D eigenvalue weighted by Gasteiger charge is 2.49. The molecule has 1 fully saturated rings. The topological polar surface area (TPSA) is 80.2 Å². The van der Waals surface area contributed by atoms with Gasteiger partial charge in [0.05, 0.1) is 16.6 Å². The van der Waals surface area contributed by atoms with Crippen LogP contribution in [0.3, 0.4) is 0 Å². The molecule has 1 aromatic heterocycles. The Morgan fingerprint density at radius 2 is 1.74 bits per heavy atom. The van der Waals surface area contributed by atoms with Gasteiger partial charge in [0.1, 0.15) is 23.0 Å². The first kappa shape index (κ1) is 27.8. The maximum absolute atomic E-state index is 14.9. The molecule has 38 heavy (non-hydrogen) atoms. The molecular formula is C26H24F5N3O3S. The molecule has 0 spiro atoms. The highest BCUT2D eigenvalue weighted by Crippen LogP contribution is 2.36. The first-order valence-corrected chi connectivity index (χ1v) is 13.1. The normalized spacial score (nSPS) is 20.6. The Bertz CT molecular complexity index is 1440. The van der Waals surface area contributed by atoms with E-state index in [9.17, 15) is 35.2 Å². The van der Waals surface area contributed by atoms with Crippen LogP contribution in [0.4, 0.5) is 22.0 Å². The monoisotopic (exact) mass is 553 g/mol. The largest absolute Gasteiger partial charge is 0.298 e. The molecule has 0 N–H and O–H groups in total. The van der Waals surface area contributed by atoms with Crippen LogP contribution in [0.5, 0.6) is 0 Å². The Hall–Kier alpha value is -3.25. The smallest absolute Gasteiger partial charge is 0.288 e. The molecular weight excluding hydrogens is 529 g/mol. The fourth-order valence-electron chi connectivity index (χ4n) is 4.37. The van der Waals surface area contributed by atoms with E-state index in [4.69, 9.17) is 0 Å². The number of rotatable bonds is 8. The molecule has 0 bridgehead atoms. The number of alkyl halides is 3. The molecule has 1 aliphatic rings. The van der Waals surface area contributed by atoms with Crippen LogP contribution in [0.15, 0.2) is 59.5 Å². The lowest BCUT2D eigenvalue weighted by Crippen LogP contribution is -2.41. The Labute approximate surface area is 216 Å². The van der Waals surface area contributed by atoms with Gasteiger partial charge >= 0.3 is 0 Å². The first-order chi connectivity index (χ1) is 17.7. The minimum absolute atomic E-state index is 0.00602. The Morgan fingerprint density at radius 3 is 2.34 bits per heavy atom. The summed E-state index contributed by atoms with van der Waals surface area (Å²) in [6, 6.07) is 8.93. The molecule has 1 saturated heterocycles. The summed E-state index contributed by atoms with van der Waals surface area (Å²) in [5.74, 6) is -5.05.